The Kier molecular flexibility index (Phi) is 7.12. The molecule has 0 saturated heterocycles. The van der Waals surface area contributed by atoms with Gasteiger partial charge in [0, 0.05) is 11.8 Å². The molecule has 0 aliphatic heterocycles. The van der Waals surface area contributed by atoms with Crippen molar-refractivity contribution in [3.63, 3.8) is 0 Å². The second-order valence-corrected chi connectivity index (χ2v) is 4.28. The lowest BCUT2D eigenvalue weighted by Gasteiger charge is -2.13. The molecular formula is C8H20N2S. The first-order chi connectivity index (χ1) is 5.20. The summed E-state index contributed by atoms with van der Waals surface area (Å²) in [4.78, 5) is 0. The lowest BCUT2D eigenvalue weighted by atomic mass is 10.3. The molecule has 0 rings (SSSR count). The molecule has 0 amide bonds. The zero-order chi connectivity index (χ0) is 8.69. The topological polar surface area (TPSA) is 38.0 Å². The van der Waals surface area contributed by atoms with Crippen LogP contribution in [0.1, 0.15) is 27.2 Å². The van der Waals surface area contributed by atoms with Crippen molar-refractivity contribution in [2.75, 3.05) is 11.5 Å². The van der Waals surface area contributed by atoms with E-state index >= 15 is 0 Å². The van der Waals surface area contributed by atoms with Gasteiger partial charge in [-0.05, 0) is 18.1 Å². The number of hydrazine groups is 1. The Bertz CT molecular complexity index is 82.2. The maximum absolute atomic E-state index is 5.34. The molecule has 2 nitrogen and oxygen atoms in total. The standard InChI is InChI=1S/C8H20N2S/c1-4-8(10-9)6-11-5-7(2)3/h7-8,10H,4-6,9H2,1-3H3. The summed E-state index contributed by atoms with van der Waals surface area (Å²) in [6, 6.07) is 0.485. The minimum Gasteiger partial charge on any atom is -0.271 e. The maximum atomic E-state index is 5.34. The van der Waals surface area contributed by atoms with E-state index in [4.69, 9.17) is 5.84 Å². The average molecular weight is 176 g/mol. The van der Waals surface area contributed by atoms with Gasteiger partial charge in [0.05, 0.1) is 0 Å². The minimum absolute atomic E-state index is 0.485. The average Bonchev–Trinajstić information content (AvgIpc) is 1.98. The van der Waals surface area contributed by atoms with Gasteiger partial charge in [0.15, 0.2) is 0 Å². The van der Waals surface area contributed by atoms with E-state index in [-0.39, 0.29) is 0 Å². The third-order valence-corrected chi connectivity index (χ3v) is 3.04. The van der Waals surface area contributed by atoms with Gasteiger partial charge >= 0.3 is 0 Å². The van der Waals surface area contributed by atoms with Crippen molar-refractivity contribution in [3.05, 3.63) is 0 Å². The van der Waals surface area contributed by atoms with Crippen LogP contribution in [0.3, 0.4) is 0 Å². The molecule has 0 saturated carbocycles. The third-order valence-electron chi connectivity index (χ3n) is 1.50. The predicted octanol–water partition coefficient (Wildman–Crippen LogP) is 1.62. The van der Waals surface area contributed by atoms with Crippen LogP contribution in [0, 0.1) is 5.92 Å². The van der Waals surface area contributed by atoms with Crippen molar-refractivity contribution in [1.29, 1.82) is 0 Å². The van der Waals surface area contributed by atoms with Crippen LogP contribution >= 0.6 is 11.8 Å². The molecule has 3 N–H and O–H groups in total. The first kappa shape index (κ1) is 11.3. The normalized spacial score (nSPS) is 13.9. The van der Waals surface area contributed by atoms with Gasteiger partial charge in [-0.25, -0.2) is 0 Å². The molecule has 0 heterocycles. The van der Waals surface area contributed by atoms with E-state index < -0.39 is 0 Å². The summed E-state index contributed by atoms with van der Waals surface area (Å²) in [5, 5.41) is 0. The Morgan fingerprint density at radius 3 is 2.36 bits per heavy atom. The summed E-state index contributed by atoms with van der Waals surface area (Å²) in [5.41, 5.74) is 2.80. The Morgan fingerprint density at radius 2 is 2.00 bits per heavy atom. The highest BCUT2D eigenvalue weighted by atomic mass is 32.2. The van der Waals surface area contributed by atoms with Gasteiger partial charge in [-0.3, -0.25) is 11.3 Å². The monoisotopic (exact) mass is 176 g/mol. The molecule has 0 aromatic carbocycles. The van der Waals surface area contributed by atoms with Crippen molar-refractivity contribution >= 4 is 11.8 Å². The zero-order valence-corrected chi connectivity index (χ0v) is 8.58. The Hall–Kier alpha value is 0.270. The molecule has 0 spiro atoms. The lowest BCUT2D eigenvalue weighted by Crippen LogP contribution is -2.36. The fourth-order valence-electron chi connectivity index (χ4n) is 0.730. The van der Waals surface area contributed by atoms with Crippen LogP contribution in [0.25, 0.3) is 0 Å². The van der Waals surface area contributed by atoms with Crippen LogP contribution in [0.4, 0.5) is 0 Å². The van der Waals surface area contributed by atoms with Crippen molar-refractivity contribution < 1.29 is 0 Å². The van der Waals surface area contributed by atoms with E-state index in [1.807, 2.05) is 11.8 Å². The van der Waals surface area contributed by atoms with Gasteiger partial charge < -0.3 is 0 Å². The zero-order valence-electron chi connectivity index (χ0n) is 7.76. The number of nitrogens with two attached hydrogens (primary N) is 1. The fourth-order valence-corrected chi connectivity index (χ4v) is 1.95. The van der Waals surface area contributed by atoms with Gasteiger partial charge in [0.2, 0.25) is 0 Å². The highest BCUT2D eigenvalue weighted by molar-refractivity contribution is 7.99. The molecule has 1 unspecified atom stereocenters. The van der Waals surface area contributed by atoms with Gasteiger partial charge in [0.1, 0.15) is 0 Å². The Labute approximate surface area is 74.3 Å². The van der Waals surface area contributed by atoms with Gasteiger partial charge in [-0.1, -0.05) is 20.8 Å². The first-order valence-corrected chi connectivity index (χ1v) is 5.40. The van der Waals surface area contributed by atoms with Gasteiger partial charge in [-0.2, -0.15) is 11.8 Å². The molecular weight excluding hydrogens is 156 g/mol. The smallest absolute Gasteiger partial charge is 0.0298 e. The van der Waals surface area contributed by atoms with Crippen LogP contribution in [0.2, 0.25) is 0 Å². The summed E-state index contributed by atoms with van der Waals surface area (Å²) < 4.78 is 0. The van der Waals surface area contributed by atoms with Crippen molar-refractivity contribution in [1.82, 2.24) is 5.43 Å². The fraction of sp³-hybridized carbons (Fsp3) is 1.00. The molecule has 0 aromatic heterocycles. The van der Waals surface area contributed by atoms with E-state index in [1.165, 1.54) is 5.75 Å². The molecule has 1 atom stereocenters. The van der Waals surface area contributed by atoms with Crippen LogP contribution in [0.5, 0.6) is 0 Å². The molecule has 0 radical (unpaired) electrons. The summed E-state index contributed by atoms with van der Waals surface area (Å²) in [7, 11) is 0. The van der Waals surface area contributed by atoms with Crippen LogP contribution in [0.15, 0.2) is 0 Å². The Morgan fingerprint density at radius 1 is 1.36 bits per heavy atom. The molecule has 3 heteroatoms. The van der Waals surface area contributed by atoms with Crippen LogP contribution < -0.4 is 11.3 Å². The van der Waals surface area contributed by atoms with Crippen molar-refractivity contribution in [2.45, 2.75) is 33.2 Å². The third kappa shape index (κ3) is 6.66. The van der Waals surface area contributed by atoms with E-state index in [1.54, 1.807) is 0 Å². The second kappa shape index (κ2) is 6.95. The Balaban J connectivity index is 3.21. The van der Waals surface area contributed by atoms with E-state index in [0.717, 1.165) is 18.1 Å². The largest absolute Gasteiger partial charge is 0.271 e. The van der Waals surface area contributed by atoms with Crippen LogP contribution in [-0.2, 0) is 0 Å². The van der Waals surface area contributed by atoms with Gasteiger partial charge in [0.25, 0.3) is 0 Å². The number of rotatable bonds is 6. The highest BCUT2D eigenvalue weighted by Crippen LogP contribution is 2.09. The van der Waals surface area contributed by atoms with Crippen molar-refractivity contribution in [3.8, 4) is 0 Å². The summed E-state index contributed by atoms with van der Waals surface area (Å²) in [5.74, 6) is 8.49. The number of thioether (sulfide) groups is 1. The highest BCUT2D eigenvalue weighted by Gasteiger charge is 2.03. The number of hydrogen-bond donors (Lipinski definition) is 2. The maximum Gasteiger partial charge on any atom is 0.0298 e. The van der Waals surface area contributed by atoms with Crippen LogP contribution in [-0.4, -0.2) is 17.5 Å². The number of nitrogens with one attached hydrogen (secondary N) is 1. The van der Waals surface area contributed by atoms with Gasteiger partial charge in [-0.15, -0.1) is 0 Å². The van der Waals surface area contributed by atoms with Crippen molar-refractivity contribution in [2.24, 2.45) is 11.8 Å². The predicted molar refractivity (Wildman–Crippen MR) is 53.6 cm³/mol. The SMILES string of the molecule is CCC(CSCC(C)C)NN. The summed E-state index contributed by atoms with van der Waals surface area (Å²) in [6.45, 7) is 6.63. The molecule has 0 aromatic rings. The van der Waals surface area contributed by atoms with E-state index in [0.29, 0.717) is 6.04 Å². The number of hydrogen-bond acceptors (Lipinski definition) is 3. The molecule has 0 bridgehead atoms. The summed E-state index contributed by atoms with van der Waals surface area (Å²) >= 11 is 1.98. The molecule has 0 aliphatic carbocycles. The summed E-state index contributed by atoms with van der Waals surface area (Å²) in [6.07, 6.45) is 1.11. The lowest BCUT2D eigenvalue weighted by molar-refractivity contribution is 0.562. The van der Waals surface area contributed by atoms with E-state index in [2.05, 4.69) is 26.2 Å². The first-order valence-electron chi connectivity index (χ1n) is 4.24. The molecule has 0 fully saturated rings. The molecule has 68 valence electrons. The molecule has 0 aliphatic rings. The quantitative estimate of drug-likeness (QED) is 0.477. The molecule has 11 heavy (non-hydrogen) atoms. The minimum atomic E-state index is 0.485. The second-order valence-electron chi connectivity index (χ2n) is 3.20. The van der Waals surface area contributed by atoms with E-state index in [9.17, 15) is 0 Å².